The van der Waals surface area contributed by atoms with Crippen LogP contribution < -0.4 is 16.0 Å². The number of nitrogens with one attached hydrogen (secondary N) is 3. The number of nitrogens with zero attached hydrogens (tertiary/aromatic N) is 1. The maximum Gasteiger partial charge on any atom is 0.271 e. The molecule has 7 heteroatoms. The van der Waals surface area contributed by atoms with E-state index in [4.69, 9.17) is 11.6 Å². The predicted molar refractivity (Wildman–Crippen MR) is 83.6 cm³/mol. The molecule has 0 atom stereocenters. The van der Waals surface area contributed by atoms with Gasteiger partial charge in [-0.05, 0) is 32.9 Å². The molecule has 6 nitrogen and oxygen atoms in total. The minimum Gasteiger partial charge on any atom is -0.370 e. The lowest BCUT2D eigenvalue weighted by atomic mass is 10.3. The zero-order valence-electron chi connectivity index (χ0n) is 12.5. The number of carbonyl (C=O) groups is 2. The van der Waals surface area contributed by atoms with Gasteiger partial charge in [0.05, 0.1) is 5.02 Å². The first-order chi connectivity index (χ1) is 9.93. The van der Waals surface area contributed by atoms with Gasteiger partial charge in [-0.25, -0.2) is 4.98 Å². The molecule has 0 saturated heterocycles. The van der Waals surface area contributed by atoms with Crippen molar-refractivity contribution in [2.75, 3.05) is 18.4 Å². The Bertz CT molecular complexity index is 506. The Labute approximate surface area is 129 Å². The van der Waals surface area contributed by atoms with Gasteiger partial charge in [0, 0.05) is 25.6 Å². The molecule has 0 aromatic carbocycles. The van der Waals surface area contributed by atoms with Crippen LogP contribution in [0.3, 0.4) is 0 Å². The van der Waals surface area contributed by atoms with Crippen molar-refractivity contribution in [1.29, 1.82) is 0 Å². The number of aromatic nitrogens is 1. The molecule has 0 bridgehead atoms. The summed E-state index contributed by atoms with van der Waals surface area (Å²) in [5, 5.41) is 8.68. The first kappa shape index (κ1) is 17.2. The number of pyridine rings is 1. The van der Waals surface area contributed by atoms with Gasteiger partial charge in [0.15, 0.2) is 0 Å². The van der Waals surface area contributed by atoms with Gasteiger partial charge in [0.1, 0.15) is 11.5 Å². The van der Waals surface area contributed by atoms with Gasteiger partial charge >= 0.3 is 0 Å². The molecular weight excluding hydrogens is 292 g/mol. The summed E-state index contributed by atoms with van der Waals surface area (Å²) in [6.45, 7) is 6.63. The lowest BCUT2D eigenvalue weighted by Gasteiger charge is -2.10. The molecule has 0 aliphatic carbocycles. The van der Waals surface area contributed by atoms with Crippen LogP contribution in [0.1, 0.15) is 37.7 Å². The lowest BCUT2D eigenvalue weighted by molar-refractivity contribution is -0.121. The lowest BCUT2D eigenvalue weighted by Crippen LogP contribution is -2.34. The molecule has 0 spiro atoms. The average molecular weight is 313 g/mol. The van der Waals surface area contributed by atoms with Crippen LogP contribution in [0.5, 0.6) is 0 Å². The van der Waals surface area contributed by atoms with Gasteiger partial charge in [-0.2, -0.15) is 0 Å². The fourth-order valence-corrected chi connectivity index (χ4v) is 1.84. The number of hydrogen-bond acceptors (Lipinski definition) is 4. The molecule has 2 amide bonds. The van der Waals surface area contributed by atoms with Gasteiger partial charge in [0.25, 0.3) is 5.91 Å². The Kier molecular flexibility index (Phi) is 6.94. The van der Waals surface area contributed by atoms with E-state index in [1.165, 1.54) is 0 Å². The van der Waals surface area contributed by atoms with Crippen LogP contribution in [0.2, 0.25) is 5.02 Å². The van der Waals surface area contributed by atoms with Gasteiger partial charge < -0.3 is 16.0 Å². The van der Waals surface area contributed by atoms with E-state index in [0.717, 1.165) is 0 Å². The summed E-state index contributed by atoms with van der Waals surface area (Å²) in [6.07, 6.45) is 0.217. The molecule has 0 saturated carbocycles. The van der Waals surface area contributed by atoms with Crippen molar-refractivity contribution in [3.63, 3.8) is 0 Å². The molecule has 0 aliphatic heterocycles. The highest BCUT2D eigenvalue weighted by molar-refractivity contribution is 6.33. The highest BCUT2D eigenvalue weighted by Crippen LogP contribution is 2.16. The maximum absolute atomic E-state index is 12.0. The third-order valence-corrected chi connectivity index (χ3v) is 2.81. The van der Waals surface area contributed by atoms with Crippen molar-refractivity contribution in [3.8, 4) is 0 Å². The van der Waals surface area contributed by atoms with Crippen LogP contribution in [-0.2, 0) is 4.79 Å². The summed E-state index contributed by atoms with van der Waals surface area (Å²) in [6, 6.07) is 3.41. The molecule has 116 valence electrons. The van der Waals surface area contributed by atoms with Crippen LogP contribution in [0.4, 0.5) is 5.82 Å². The summed E-state index contributed by atoms with van der Waals surface area (Å²) < 4.78 is 0. The smallest absolute Gasteiger partial charge is 0.271 e. The van der Waals surface area contributed by atoms with Crippen molar-refractivity contribution < 1.29 is 9.59 Å². The fourth-order valence-electron chi connectivity index (χ4n) is 1.65. The zero-order valence-corrected chi connectivity index (χ0v) is 13.3. The third kappa shape index (κ3) is 5.99. The van der Waals surface area contributed by atoms with Crippen LogP contribution in [0.15, 0.2) is 12.1 Å². The Morgan fingerprint density at radius 3 is 2.67 bits per heavy atom. The predicted octanol–water partition coefficient (Wildman–Crippen LogP) is 1.81. The van der Waals surface area contributed by atoms with Crippen molar-refractivity contribution in [2.24, 2.45) is 0 Å². The molecule has 3 N–H and O–H groups in total. The summed E-state index contributed by atoms with van der Waals surface area (Å²) in [7, 11) is 0. The van der Waals surface area contributed by atoms with Crippen LogP contribution >= 0.6 is 11.6 Å². The zero-order chi connectivity index (χ0) is 15.8. The van der Waals surface area contributed by atoms with Crippen molar-refractivity contribution >= 4 is 29.2 Å². The molecule has 0 radical (unpaired) electrons. The van der Waals surface area contributed by atoms with E-state index < -0.39 is 5.91 Å². The van der Waals surface area contributed by atoms with E-state index in [2.05, 4.69) is 20.9 Å². The Morgan fingerprint density at radius 1 is 1.33 bits per heavy atom. The molecule has 1 heterocycles. The second-order valence-electron chi connectivity index (χ2n) is 4.79. The van der Waals surface area contributed by atoms with Gasteiger partial charge in [-0.1, -0.05) is 11.6 Å². The molecule has 0 aliphatic rings. The van der Waals surface area contributed by atoms with E-state index in [9.17, 15) is 9.59 Å². The largest absolute Gasteiger partial charge is 0.370 e. The Hall–Kier alpha value is -1.82. The number of amides is 2. The summed E-state index contributed by atoms with van der Waals surface area (Å²) in [5.41, 5.74) is 0.152. The summed E-state index contributed by atoms with van der Waals surface area (Å²) >= 11 is 5.97. The fraction of sp³-hybridized carbons (Fsp3) is 0.500. The molecule has 1 aromatic heterocycles. The van der Waals surface area contributed by atoms with E-state index in [1.54, 1.807) is 12.1 Å². The van der Waals surface area contributed by atoms with Gasteiger partial charge in [-0.15, -0.1) is 0 Å². The third-order valence-electron chi connectivity index (χ3n) is 2.51. The quantitative estimate of drug-likeness (QED) is 0.717. The monoisotopic (exact) mass is 312 g/mol. The molecular formula is C14H21ClN4O2. The number of hydrogen-bond donors (Lipinski definition) is 3. The summed E-state index contributed by atoms with van der Waals surface area (Å²) in [5.74, 6) is 0.0902. The molecule has 21 heavy (non-hydrogen) atoms. The van der Waals surface area contributed by atoms with Crippen LogP contribution in [0.25, 0.3) is 0 Å². The van der Waals surface area contributed by atoms with Crippen molar-refractivity contribution in [1.82, 2.24) is 15.6 Å². The molecule has 0 unspecified atom stereocenters. The second-order valence-corrected chi connectivity index (χ2v) is 5.19. The van der Waals surface area contributed by atoms with Crippen molar-refractivity contribution in [2.45, 2.75) is 33.2 Å². The molecule has 0 fully saturated rings. The summed E-state index contributed by atoms with van der Waals surface area (Å²) in [4.78, 5) is 27.6. The first-order valence-corrected chi connectivity index (χ1v) is 7.29. The number of rotatable bonds is 7. The maximum atomic E-state index is 12.0. The van der Waals surface area contributed by atoms with Gasteiger partial charge in [-0.3, -0.25) is 9.59 Å². The van der Waals surface area contributed by atoms with Crippen LogP contribution in [0, 0.1) is 0 Å². The van der Waals surface area contributed by atoms with Crippen molar-refractivity contribution in [3.05, 3.63) is 22.8 Å². The normalized spacial score (nSPS) is 10.3. The topological polar surface area (TPSA) is 83.1 Å². The standard InChI is InChI=1S/C14H21ClN4O2/c1-4-16-11-6-5-10(15)13(19-11)14(21)17-8-7-12(20)18-9(2)3/h5-6,9H,4,7-8H2,1-3H3,(H,16,19)(H,17,21)(H,18,20). The highest BCUT2D eigenvalue weighted by Gasteiger charge is 2.13. The van der Waals surface area contributed by atoms with E-state index in [0.29, 0.717) is 12.4 Å². The second kappa shape index (κ2) is 8.46. The van der Waals surface area contributed by atoms with Gasteiger partial charge in [0.2, 0.25) is 5.91 Å². The average Bonchev–Trinajstić information content (AvgIpc) is 2.40. The first-order valence-electron chi connectivity index (χ1n) is 6.92. The number of carbonyl (C=O) groups excluding carboxylic acids is 2. The molecule has 1 aromatic rings. The number of anilines is 1. The SMILES string of the molecule is CCNc1ccc(Cl)c(C(=O)NCCC(=O)NC(C)C)n1. The van der Waals surface area contributed by atoms with E-state index >= 15 is 0 Å². The Morgan fingerprint density at radius 2 is 2.05 bits per heavy atom. The molecule has 1 rings (SSSR count). The van der Waals surface area contributed by atoms with Crippen LogP contribution in [-0.4, -0.2) is 35.9 Å². The van der Waals surface area contributed by atoms with E-state index in [-0.39, 0.29) is 35.6 Å². The Balaban J connectivity index is 2.55. The minimum atomic E-state index is -0.392. The van der Waals surface area contributed by atoms with E-state index in [1.807, 2.05) is 20.8 Å². The number of halogens is 1. The minimum absolute atomic E-state index is 0.0844. The highest BCUT2D eigenvalue weighted by atomic mass is 35.5.